The van der Waals surface area contributed by atoms with Crippen molar-refractivity contribution < 1.29 is 9.13 Å². The van der Waals surface area contributed by atoms with E-state index in [4.69, 9.17) is 4.74 Å². The molecule has 0 amide bonds. The molecule has 1 aliphatic heterocycles. The molecule has 2 aromatic rings. The number of ether oxygens (including phenoxy) is 1. The molecule has 22 heavy (non-hydrogen) atoms. The first kappa shape index (κ1) is 15.2. The maximum absolute atomic E-state index is 14.2. The third kappa shape index (κ3) is 3.55. The molecule has 1 aromatic heterocycles. The lowest BCUT2D eigenvalue weighted by Crippen LogP contribution is -2.40. The average Bonchev–Trinajstić information content (AvgIpc) is 2.49. The zero-order valence-electron chi connectivity index (χ0n) is 13.3. The van der Waals surface area contributed by atoms with Crippen molar-refractivity contribution >= 4 is 10.8 Å². The number of pyridine rings is 1. The van der Waals surface area contributed by atoms with Crippen molar-refractivity contribution in [2.24, 2.45) is 5.92 Å². The van der Waals surface area contributed by atoms with Gasteiger partial charge in [0.1, 0.15) is 6.10 Å². The first-order chi connectivity index (χ1) is 10.6. The van der Waals surface area contributed by atoms with Gasteiger partial charge in [-0.05, 0) is 42.3 Å². The third-order valence-electron chi connectivity index (χ3n) is 4.14. The highest BCUT2D eigenvalue weighted by Gasteiger charge is 2.22. The van der Waals surface area contributed by atoms with Gasteiger partial charge in [-0.3, -0.25) is 4.98 Å². The lowest BCUT2D eigenvalue weighted by molar-refractivity contribution is 0.0912. The van der Waals surface area contributed by atoms with Gasteiger partial charge in [0.25, 0.3) is 0 Å². The van der Waals surface area contributed by atoms with E-state index in [9.17, 15) is 4.39 Å². The van der Waals surface area contributed by atoms with E-state index in [1.165, 1.54) is 6.07 Å². The number of aromatic nitrogens is 1. The third-order valence-corrected chi connectivity index (χ3v) is 4.14. The number of nitrogens with zero attached hydrogens (tertiary/aromatic N) is 2. The zero-order valence-corrected chi connectivity index (χ0v) is 13.3. The van der Waals surface area contributed by atoms with Crippen LogP contribution in [0.15, 0.2) is 30.6 Å². The van der Waals surface area contributed by atoms with Crippen LogP contribution in [-0.4, -0.2) is 35.6 Å². The van der Waals surface area contributed by atoms with Crippen LogP contribution in [0.5, 0.6) is 5.75 Å². The molecular formula is C18H23FN2O. The fraction of sp³-hybridized carbons (Fsp3) is 0.500. The van der Waals surface area contributed by atoms with Crippen molar-refractivity contribution in [1.82, 2.24) is 9.88 Å². The maximum Gasteiger partial charge on any atom is 0.165 e. The largest absolute Gasteiger partial charge is 0.487 e. The molecule has 0 saturated carbocycles. The smallest absolute Gasteiger partial charge is 0.165 e. The fourth-order valence-corrected chi connectivity index (χ4v) is 3.08. The van der Waals surface area contributed by atoms with Gasteiger partial charge in [0.05, 0.1) is 0 Å². The Morgan fingerprint density at radius 3 is 2.77 bits per heavy atom. The van der Waals surface area contributed by atoms with E-state index in [0.717, 1.165) is 43.2 Å². The summed E-state index contributed by atoms with van der Waals surface area (Å²) < 4.78 is 20.1. The highest BCUT2D eigenvalue weighted by Crippen LogP contribution is 2.27. The summed E-state index contributed by atoms with van der Waals surface area (Å²) in [4.78, 5) is 6.48. The van der Waals surface area contributed by atoms with Crippen LogP contribution in [-0.2, 0) is 0 Å². The maximum atomic E-state index is 14.2. The molecule has 0 bridgehead atoms. The Kier molecular flexibility index (Phi) is 4.57. The monoisotopic (exact) mass is 302 g/mol. The molecule has 1 aromatic carbocycles. The number of benzene rings is 1. The zero-order chi connectivity index (χ0) is 15.5. The fourth-order valence-electron chi connectivity index (χ4n) is 3.08. The summed E-state index contributed by atoms with van der Waals surface area (Å²) in [5.41, 5.74) is 0. The highest BCUT2D eigenvalue weighted by molar-refractivity contribution is 5.83. The molecule has 0 spiro atoms. The van der Waals surface area contributed by atoms with E-state index in [-0.39, 0.29) is 11.9 Å². The predicted molar refractivity (Wildman–Crippen MR) is 86.6 cm³/mol. The molecule has 1 aliphatic rings. The Morgan fingerprint density at radius 1 is 1.27 bits per heavy atom. The van der Waals surface area contributed by atoms with Crippen LogP contribution in [0.3, 0.4) is 0 Å². The summed E-state index contributed by atoms with van der Waals surface area (Å²) in [5, 5.41) is 1.77. The summed E-state index contributed by atoms with van der Waals surface area (Å²) in [6.07, 6.45) is 5.42. The molecule has 0 N–H and O–H groups in total. The van der Waals surface area contributed by atoms with Crippen molar-refractivity contribution in [2.75, 3.05) is 19.6 Å². The molecule has 2 heterocycles. The van der Waals surface area contributed by atoms with Crippen LogP contribution >= 0.6 is 0 Å². The molecule has 3 rings (SSSR count). The van der Waals surface area contributed by atoms with Gasteiger partial charge >= 0.3 is 0 Å². The van der Waals surface area contributed by atoms with Crippen LogP contribution < -0.4 is 4.74 Å². The van der Waals surface area contributed by atoms with E-state index >= 15 is 0 Å². The second kappa shape index (κ2) is 6.61. The number of fused-ring (bicyclic) bond motifs is 1. The minimum Gasteiger partial charge on any atom is -0.487 e. The first-order valence-corrected chi connectivity index (χ1v) is 8.04. The second-order valence-corrected chi connectivity index (χ2v) is 6.52. The van der Waals surface area contributed by atoms with E-state index in [1.807, 2.05) is 6.07 Å². The number of halogens is 1. The van der Waals surface area contributed by atoms with Gasteiger partial charge in [-0.15, -0.1) is 0 Å². The molecule has 0 unspecified atom stereocenters. The molecule has 1 saturated heterocycles. The molecule has 118 valence electrons. The van der Waals surface area contributed by atoms with Crippen LogP contribution in [0.4, 0.5) is 4.39 Å². The average molecular weight is 302 g/mol. The normalized spacial score (nSPS) is 17.3. The predicted octanol–water partition coefficient (Wildman–Crippen LogP) is 3.87. The van der Waals surface area contributed by atoms with Crippen LogP contribution in [0, 0.1) is 11.7 Å². The molecule has 4 heteroatoms. The lowest BCUT2D eigenvalue weighted by atomic mass is 10.1. The topological polar surface area (TPSA) is 25.4 Å². The molecule has 0 radical (unpaired) electrons. The van der Waals surface area contributed by atoms with Gasteiger partial charge < -0.3 is 9.64 Å². The van der Waals surface area contributed by atoms with Crippen molar-refractivity contribution in [3.8, 4) is 5.75 Å². The SMILES string of the molecule is CC(C)CN1CCC(Oc2cc3ccncc3cc2F)CC1. The van der Waals surface area contributed by atoms with Crippen molar-refractivity contribution in [1.29, 1.82) is 0 Å². The van der Waals surface area contributed by atoms with E-state index < -0.39 is 0 Å². The number of likely N-dealkylation sites (tertiary alicyclic amines) is 1. The second-order valence-electron chi connectivity index (χ2n) is 6.52. The Balaban J connectivity index is 1.65. The number of rotatable bonds is 4. The van der Waals surface area contributed by atoms with Crippen molar-refractivity contribution in [3.05, 3.63) is 36.4 Å². The van der Waals surface area contributed by atoms with Crippen LogP contribution in [0.25, 0.3) is 10.8 Å². The standard InChI is InChI=1S/C18H23FN2O/c1-13(2)12-21-7-4-16(5-8-21)22-18-10-14-3-6-20-11-15(14)9-17(18)19/h3,6,9-11,13,16H,4-5,7-8,12H2,1-2H3. The first-order valence-electron chi connectivity index (χ1n) is 8.04. The lowest BCUT2D eigenvalue weighted by Gasteiger charge is -2.33. The van der Waals surface area contributed by atoms with Gasteiger partial charge in [-0.1, -0.05) is 13.8 Å². The summed E-state index contributed by atoms with van der Waals surface area (Å²) in [6.45, 7) is 7.66. The molecule has 1 fully saturated rings. The minimum atomic E-state index is -0.301. The summed E-state index contributed by atoms with van der Waals surface area (Å²) >= 11 is 0. The van der Waals surface area contributed by atoms with Crippen molar-refractivity contribution in [2.45, 2.75) is 32.8 Å². The minimum absolute atomic E-state index is 0.109. The Hall–Kier alpha value is -1.68. The summed E-state index contributed by atoms with van der Waals surface area (Å²) in [5.74, 6) is 0.745. The number of piperidine rings is 1. The molecule has 3 nitrogen and oxygen atoms in total. The van der Waals surface area contributed by atoms with Gasteiger partial charge in [-0.25, -0.2) is 4.39 Å². The van der Waals surface area contributed by atoms with Gasteiger partial charge in [0.15, 0.2) is 11.6 Å². The quantitative estimate of drug-likeness (QED) is 0.857. The molecule has 0 aliphatic carbocycles. The van der Waals surface area contributed by atoms with Gasteiger partial charge in [0, 0.05) is 37.4 Å². The van der Waals surface area contributed by atoms with Crippen LogP contribution in [0.1, 0.15) is 26.7 Å². The van der Waals surface area contributed by atoms with E-state index in [0.29, 0.717) is 11.7 Å². The van der Waals surface area contributed by atoms with E-state index in [2.05, 4.69) is 23.7 Å². The van der Waals surface area contributed by atoms with E-state index in [1.54, 1.807) is 18.5 Å². The Morgan fingerprint density at radius 2 is 2.05 bits per heavy atom. The summed E-state index contributed by atoms with van der Waals surface area (Å²) in [6, 6.07) is 5.17. The van der Waals surface area contributed by atoms with Gasteiger partial charge in [0.2, 0.25) is 0 Å². The Bertz CT molecular complexity index is 636. The molecule has 0 atom stereocenters. The Labute approximate surface area is 131 Å². The highest BCUT2D eigenvalue weighted by atomic mass is 19.1. The van der Waals surface area contributed by atoms with Crippen LogP contribution in [0.2, 0.25) is 0 Å². The molecular weight excluding hydrogens is 279 g/mol. The summed E-state index contributed by atoms with van der Waals surface area (Å²) in [7, 11) is 0. The van der Waals surface area contributed by atoms with Gasteiger partial charge in [-0.2, -0.15) is 0 Å². The number of hydrogen-bond donors (Lipinski definition) is 0. The van der Waals surface area contributed by atoms with Crippen molar-refractivity contribution in [3.63, 3.8) is 0 Å². The number of hydrogen-bond acceptors (Lipinski definition) is 3.